The number of aromatic nitrogens is 2. The second kappa shape index (κ2) is 7.72. The third-order valence-electron chi connectivity index (χ3n) is 4.25. The van der Waals surface area contributed by atoms with Gasteiger partial charge in [-0.3, -0.25) is 4.79 Å². The molecule has 1 amide bonds. The van der Waals surface area contributed by atoms with E-state index in [9.17, 15) is 18.0 Å². The van der Waals surface area contributed by atoms with Crippen LogP contribution in [0.5, 0.6) is 0 Å². The predicted molar refractivity (Wildman–Crippen MR) is 90.7 cm³/mol. The molecule has 3 rings (SSSR count). The van der Waals surface area contributed by atoms with E-state index in [0.717, 1.165) is 37.8 Å². The zero-order valence-corrected chi connectivity index (χ0v) is 14.4. The first-order chi connectivity index (χ1) is 12.5. The summed E-state index contributed by atoms with van der Waals surface area (Å²) in [5.41, 5.74) is 0.385. The van der Waals surface area contributed by atoms with Gasteiger partial charge >= 0.3 is 0 Å². The lowest BCUT2D eigenvalue weighted by Crippen LogP contribution is -2.32. The molecule has 0 spiro atoms. The number of nitrogens with zero attached hydrogens (tertiary/aromatic N) is 3. The Bertz CT molecular complexity index is 820. The van der Waals surface area contributed by atoms with Crippen molar-refractivity contribution in [3.8, 4) is 0 Å². The van der Waals surface area contributed by atoms with Crippen LogP contribution in [0.3, 0.4) is 0 Å². The molecule has 5 nitrogen and oxygen atoms in total. The summed E-state index contributed by atoms with van der Waals surface area (Å²) in [4.78, 5) is 22.7. The minimum absolute atomic E-state index is 0.0481. The van der Waals surface area contributed by atoms with Crippen molar-refractivity contribution < 1.29 is 18.0 Å². The van der Waals surface area contributed by atoms with Gasteiger partial charge in [0.25, 0.3) is 5.91 Å². The maximum atomic E-state index is 13.8. The van der Waals surface area contributed by atoms with Crippen molar-refractivity contribution in [3.63, 3.8) is 0 Å². The molecule has 2 aromatic rings. The van der Waals surface area contributed by atoms with E-state index in [-0.39, 0.29) is 23.2 Å². The Hall–Kier alpha value is -2.64. The summed E-state index contributed by atoms with van der Waals surface area (Å²) in [6, 6.07) is 3.41. The van der Waals surface area contributed by atoms with Gasteiger partial charge in [0.05, 0.1) is 5.69 Å². The maximum absolute atomic E-state index is 13.8. The highest BCUT2D eigenvalue weighted by atomic mass is 19.2. The van der Waals surface area contributed by atoms with E-state index < -0.39 is 17.5 Å². The molecule has 1 fully saturated rings. The second-order valence-electron chi connectivity index (χ2n) is 6.27. The first kappa shape index (κ1) is 18.2. The lowest BCUT2D eigenvalue weighted by molar-refractivity contribution is 0.0755. The number of halogens is 3. The topological polar surface area (TPSA) is 58.1 Å². The van der Waals surface area contributed by atoms with Gasteiger partial charge in [-0.15, -0.1) is 0 Å². The van der Waals surface area contributed by atoms with Crippen LogP contribution >= 0.6 is 0 Å². The first-order valence-electron chi connectivity index (χ1n) is 8.51. The quantitative estimate of drug-likeness (QED) is 0.838. The average molecular weight is 364 g/mol. The number of aryl methyl sites for hydroxylation is 1. The molecule has 0 atom stereocenters. The average Bonchev–Trinajstić information content (AvgIpc) is 2.90. The molecule has 1 aromatic carbocycles. The van der Waals surface area contributed by atoms with Crippen LogP contribution in [0.1, 0.15) is 41.9 Å². The van der Waals surface area contributed by atoms with Crippen molar-refractivity contribution in [2.75, 3.05) is 18.4 Å². The van der Waals surface area contributed by atoms with Gasteiger partial charge in [0.15, 0.2) is 17.5 Å². The van der Waals surface area contributed by atoms with Gasteiger partial charge in [0, 0.05) is 18.8 Å². The van der Waals surface area contributed by atoms with Crippen LogP contribution in [0.4, 0.5) is 24.8 Å². The van der Waals surface area contributed by atoms with Gasteiger partial charge in [0.2, 0.25) is 5.95 Å². The minimum Gasteiger partial charge on any atom is -0.337 e. The molecule has 1 N–H and O–H groups in total. The molecule has 0 saturated carbocycles. The molecule has 1 aliphatic rings. The van der Waals surface area contributed by atoms with E-state index in [1.807, 2.05) is 0 Å². The van der Waals surface area contributed by atoms with Gasteiger partial charge in [0.1, 0.15) is 5.69 Å². The minimum atomic E-state index is -1.58. The molecule has 138 valence electrons. The number of anilines is 2. The molecule has 26 heavy (non-hydrogen) atoms. The van der Waals surface area contributed by atoms with Gasteiger partial charge in [-0.05, 0) is 38.0 Å². The van der Waals surface area contributed by atoms with Crippen LogP contribution in [0.2, 0.25) is 0 Å². The molecule has 1 aromatic heterocycles. The van der Waals surface area contributed by atoms with Gasteiger partial charge in [-0.25, -0.2) is 23.1 Å². The molecular weight excluding hydrogens is 345 g/mol. The SMILES string of the molecule is Cc1cc(C(=O)N2CCCCCC2)nc(Nc2ccc(F)c(F)c2F)n1. The standard InChI is InChI=1S/C18H19F3N4O/c1-11-10-14(17(26)25-8-4-2-3-5-9-25)24-18(22-11)23-13-7-6-12(19)15(20)16(13)21/h6-7,10H,2-5,8-9H2,1H3,(H,22,23,24). The number of amides is 1. The van der Waals surface area contributed by atoms with E-state index in [2.05, 4.69) is 15.3 Å². The second-order valence-corrected chi connectivity index (χ2v) is 6.27. The summed E-state index contributed by atoms with van der Waals surface area (Å²) in [7, 11) is 0. The Kier molecular flexibility index (Phi) is 5.39. The number of hydrogen-bond acceptors (Lipinski definition) is 4. The van der Waals surface area contributed by atoms with Crippen LogP contribution in [-0.4, -0.2) is 33.9 Å². The molecule has 0 aliphatic carbocycles. The number of rotatable bonds is 3. The molecular formula is C18H19F3N4O. The highest BCUT2D eigenvalue weighted by Gasteiger charge is 2.20. The van der Waals surface area contributed by atoms with E-state index >= 15 is 0 Å². The van der Waals surface area contributed by atoms with Crippen LogP contribution in [0.15, 0.2) is 18.2 Å². The molecule has 0 radical (unpaired) electrons. The lowest BCUT2D eigenvalue weighted by atomic mass is 10.2. The number of carbonyl (C=O) groups excluding carboxylic acids is 1. The number of carbonyl (C=O) groups is 1. The molecule has 1 saturated heterocycles. The third kappa shape index (κ3) is 3.95. The van der Waals surface area contributed by atoms with Crippen molar-refractivity contribution in [2.45, 2.75) is 32.6 Å². The number of benzene rings is 1. The molecule has 0 unspecified atom stereocenters. The number of likely N-dealkylation sites (tertiary alicyclic amines) is 1. The van der Waals surface area contributed by atoms with Crippen molar-refractivity contribution in [1.29, 1.82) is 0 Å². The number of nitrogens with one attached hydrogen (secondary N) is 1. The Morgan fingerprint density at radius 3 is 2.42 bits per heavy atom. The zero-order chi connectivity index (χ0) is 18.7. The van der Waals surface area contributed by atoms with Gasteiger partial charge < -0.3 is 10.2 Å². The summed E-state index contributed by atoms with van der Waals surface area (Å²) < 4.78 is 40.3. The van der Waals surface area contributed by atoms with Gasteiger partial charge in [-0.2, -0.15) is 0 Å². The predicted octanol–water partition coefficient (Wildman–Crippen LogP) is 3.96. The fourth-order valence-corrected chi connectivity index (χ4v) is 2.91. The largest absolute Gasteiger partial charge is 0.337 e. The van der Waals surface area contributed by atoms with Crippen LogP contribution in [-0.2, 0) is 0 Å². The summed E-state index contributed by atoms with van der Waals surface area (Å²) in [6.45, 7) is 3.01. The van der Waals surface area contributed by atoms with Crippen LogP contribution in [0, 0.1) is 24.4 Å². The van der Waals surface area contributed by atoms with E-state index in [1.165, 1.54) is 0 Å². The Labute approximate surface area is 149 Å². The normalized spacial score (nSPS) is 14.8. The van der Waals surface area contributed by atoms with Crippen LogP contribution < -0.4 is 5.32 Å². The lowest BCUT2D eigenvalue weighted by Gasteiger charge is -2.20. The first-order valence-corrected chi connectivity index (χ1v) is 8.51. The highest BCUT2D eigenvalue weighted by Crippen LogP contribution is 2.22. The van der Waals surface area contributed by atoms with E-state index in [1.54, 1.807) is 17.9 Å². The molecule has 1 aliphatic heterocycles. The molecule has 2 heterocycles. The zero-order valence-electron chi connectivity index (χ0n) is 14.4. The van der Waals surface area contributed by atoms with Crippen LogP contribution in [0.25, 0.3) is 0 Å². The third-order valence-corrected chi connectivity index (χ3v) is 4.25. The van der Waals surface area contributed by atoms with Crippen molar-refractivity contribution in [3.05, 3.63) is 47.0 Å². The van der Waals surface area contributed by atoms with Crippen molar-refractivity contribution in [1.82, 2.24) is 14.9 Å². The fraction of sp³-hybridized carbons (Fsp3) is 0.389. The summed E-state index contributed by atoms with van der Waals surface area (Å²) in [5.74, 6) is -4.49. The van der Waals surface area contributed by atoms with E-state index in [4.69, 9.17) is 0 Å². The summed E-state index contributed by atoms with van der Waals surface area (Å²) >= 11 is 0. The summed E-state index contributed by atoms with van der Waals surface area (Å²) in [5, 5.41) is 2.52. The van der Waals surface area contributed by atoms with Gasteiger partial charge in [-0.1, -0.05) is 12.8 Å². The molecule has 0 bridgehead atoms. The van der Waals surface area contributed by atoms with Crippen molar-refractivity contribution in [2.24, 2.45) is 0 Å². The fourth-order valence-electron chi connectivity index (χ4n) is 2.91. The summed E-state index contributed by atoms with van der Waals surface area (Å²) in [6.07, 6.45) is 4.07. The van der Waals surface area contributed by atoms with Crippen molar-refractivity contribution >= 4 is 17.5 Å². The highest BCUT2D eigenvalue weighted by molar-refractivity contribution is 5.92. The Balaban J connectivity index is 1.86. The number of hydrogen-bond donors (Lipinski definition) is 1. The Morgan fingerprint density at radius 1 is 1.04 bits per heavy atom. The smallest absolute Gasteiger partial charge is 0.272 e. The van der Waals surface area contributed by atoms with E-state index in [0.29, 0.717) is 18.8 Å². The monoisotopic (exact) mass is 364 g/mol. The Morgan fingerprint density at radius 2 is 1.73 bits per heavy atom. The maximum Gasteiger partial charge on any atom is 0.272 e. The molecule has 8 heteroatoms.